The highest BCUT2D eigenvalue weighted by Crippen LogP contribution is 2.16. The maximum absolute atomic E-state index is 12.1. The van der Waals surface area contributed by atoms with E-state index in [0.29, 0.717) is 6.42 Å². The molecule has 0 saturated heterocycles. The number of nitrogens with one attached hydrogen (secondary N) is 1. The Hall–Kier alpha value is -1.72. The fraction of sp³-hybridized carbons (Fsp3) is 0.214. The number of rotatable bonds is 5. The van der Waals surface area contributed by atoms with E-state index in [0.717, 1.165) is 10.4 Å². The lowest BCUT2D eigenvalue weighted by molar-refractivity contribution is 0.305. The number of pyridine rings is 1. The summed E-state index contributed by atoms with van der Waals surface area (Å²) >= 11 is 1.44. The predicted octanol–water partition coefficient (Wildman–Crippen LogP) is 1.36. The molecule has 0 aromatic carbocycles. The third-order valence-corrected chi connectivity index (χ3v) is 4.88. The second-order valence-corrected chi connectivity index (χ2v) is 6.81. The lowest BCUT2D eigenvalue weighted by atomic mass is 10.2. The Kier molecular flexibility index (Phi) is 5.47. The summed E-state index contributed by atoms with van der Waals surface area (Å²) in [5.41, 5.74) is 0.780. The SMILES string of the molecule is O=S(=O)(NCc1sccc1C#CCCO)c1cccnc1. The van der Waals surface area contributed by atoms with Gasteiger partial charge in [0, 0.05) is 35.8 Å². The molecule has 0 bridgehead atoms. The summed E-state index contributed by atoms with van der Waals surface area (Å²) in [6.45, 7) is 0.193. The smallest absolute Gasteiger partial charge is 0.242 e. The zero-order valence-corrected chi connectivity index (χ0v) is 12.7. The Morgan fingerprint density at radius 3 is 2.95 bits per heavy atom. The molecule has 0 aliphatic carbocycles. The van der Waals surface area contributed by atoms with Crippen molar-refractivity contribution in [2.75, 3.05) is 6.61 Å². The normalized spacial score (nSPS) is 10.9. The number of sulfonamides is 1. The van der Waals surface area contributed by atoms with Crippen LogP contribution < -0.4 is 4.72 Å². The van der Waals surface area contributed by atoms with Crippen LogP contribution >= 0.6 is 11.3 Å². The number of aliphatic hydroxyl groups excluding tert-OH is 1. The summed E-state index contributed by atoms with van der Waals surface area (Å²) in [6.07, 6.45) is 3.22. The molecule has 110 valence electrons. The van der Waals surface area contributed by atoms with Gasteiger partial charge in [0.15, 0.2) is 0 Å². The molecular formula is C14H14N2O3S2. The van der Waals surface area contributed by atoms with E-state index in [1.807, 2.05) is 11.4 Å². The van der Waals surface area contributed by atoms with Crippen LogP contribution in [0.1, 0.15) is 16.9 Å². The highest BCUT2D eigenvalue weighted by atomic mass is 32.2. The first kappa shape index (κ1) is 15.7. The molecule has 0 aliphatic rings. The van der Waals surface area contributed by atoms with Crippen LogP contribution in [0.25, 0.3) is 0 Å². The van der Waals surface area contributed by atoms with Crippen molar-refractivity contribution in [3.63, 3.8) is 0 Å². The van der Waals surface area contributed by atoms with E-state index in [9.17, 15) is 8.42 Å². The molecule has 0 spiro atoms. The topological polar surface area (TPSA) is 79.3 Å². The number of aromatic nitrogens is 1. The number of hydrogen-bond acceptors (Lipinski definition) is 5. The van der Waals surface area contributed by atoms with Gasteiger partial charge in [0.1, 0.15) is 4.90 Å². The largest absolute Gasteiger partial charge is 0.395 e. The number of thiophene rings is 1. The zero-order chi connectivity index (χ0) is 15.1. The van der Waals surface area contributed by atoms with Gasteiger partial charge < -0.3 is 5.11 Å². The fourth-order valence-electron chi connectivity index (χ4n) is 1.55. The molecule has 2 aromatic heterocycles. The van der Waals surface area contributed by atoms with Crippen LogP contribution in [0.2, 0.25) is 0 Å². The van der Waals surface area contributed by atoms with Gasteiger partial charge in [-0.1, -0.05) is 11.8 Å². The van der Waals surface area contributed by atoms with Crippen molar-refractivity contribution >= 4 is 21.4 Å². The van der Waals surface area contributed by atoms with Crippen molar-refractivity contribution in [2.24, 2.45) is 0 Å². The standard InChI is InChI=1S/C14H14N2O3S2/c17-8-2-1-4-12-6-9-20-14(12)11-16-21(18,19)13-5-3-7-15-10-13/h3,5-7,9-10,16-17H,2,8,11H2. The van der Waals surface area contributed by atoms with Crippen LogP contribution in [0.15, 0.2) is 40.9 Å². The minimum atomic E-state index is -3.57. The molecule has 0 amide bonds. The Bertz CT molecular complexity index is 743. The summed E-state index contributed by atoms with van der Waals surface area (Å²) < 4.78 is 26.7. The minimum absolute atomic E-state index is 0.0140. The lowest BCUT2D eigenvalue weighted by Crippen LogP contribution is -2.23. The Morgan fingerprint density at radius 1 is 1.38 bits per heavy atom. The first-order chi connectivity index (χ1) is 10.1. The van der Waals surface area contributed by atoms with Gasteiger partial charge >= 0.3 is 0 Å². The van der Waals surface area contributed by atoms with E-state index < -0.39 is 10.0 Å². The van der Waals surface area contributed by atoms with Gasteiger partial charge in [0.25, 0.3) is 0 Å². The van der Waals surface area contributed by atoms with Gasteiger partial charge in [0.05, 0.1) is 6.61 Å². The van der Waals surface area contributed by atoms with E-state index in [1.54, 1.807) is 6.07 Å². The Balaban J connectivity index is 2.08. The molecule has 2 rings (SSSR count). The maximum Gasteiger partial charge on any atom is 0.242 e. The Labute approximate surface area is 127 Å². The van der Waals surface area contributed by atoms with Crippen molar-refractivity contribution in [1.82, 2.24) is 9.71 Å². The number of aliphatic hydroxyl groups is 1. The van der Waals surface area contributed by atoms with Crippen LogP contribution in [0.4, 0.5) is 0 Å². The van der Waals surface area contributed by atoms with E-state index in [-0.39, 0.29) is 18.0 Å². The molecule has 0 atom stereocenters. The van der Waals surface area contributed by atoms with Gasteiger partial charge in [-0.15, -0.1) is 11.3 Å². The summed E-state index contributed by atoms with van der Waals surface area (Å²) in [7, 11) is -3.57. The molecule has 2 aromatic rings. The van der Waals surface area contributed by atoms with E-state index in [1.165, 1.54) is 29.8 Å². The van der Waals surface area contributed by atoms with E-state index >= 15 is 0 Å². The third kappa shape index (κ3) is 4.37. The molecule has 5 nitrogen and oxygen atoms in total. The van der Waals surface area contributed by atoms with Crippen LogP contribution in [0.3, 0.4) is 0 Å². The monoisotopic (exact) mass is 322 g/mol. The molecule has 2 N–H and O–H groups in total. The van der Waals surface area contributed by atoms with Crippen molar-refractivity contribution in [3.8, 4) is 11.8 Å². The average molecular weight is 322 g/mol. The van der Waals surface area contributed by atoms with Gasteiger partial charge in [-0.3, -0.25) is 4.98 Å². The minimum Gasteiger partial charge on any atom is -0.395 e. The van der Waals surface area contributed by atoms with Crippen molar-refractivity contribution in [1.29, 1.82) is 0 Å². The summed E-state index contributed by atoms with van der Waals surface area (Å²) in [6, 6.07) is 4.90. The highest BCUT2D eigenvalue weighted by molar-refractivity contribution is 7.89. The molecule has 0 radical (unpaired) electrons. The van der Waals surface area contributed by atoms with Crippen LogP contribution in [-0.4, -0.2) is 25.1 Å². The van der Waals surface area contributed by atoms with E-state index in [2.05, 4.69) is 21.5 Å². The van der Waals surface area contributed by atoms with Gasteiger partial charge in [-0.25, -0.2) is 13.1 Å². The van der Waals surface area contributed by atoms with E-state index in [4.69, 9.17) is 5.11 Å². The Morgan fingerprint density at radius 2 is 2.24 bits per heavy atom. The maximum atomic E-state index is 12.1. The summed E-state index contributed by atoms with van der Waals surface area (Å²) in [5, 5.41) is 10.6. The molecule has 21 heavy (non-hydrogen) atoms. The van der Waals surface area contributed by atoms with Gasteiger partial charge in [-0.05, 0) is 23.6 Å². The van der Waals surface area contributed by atoms with Crippen LogP contribution in [0, 0.1) is 11.8 Å². The molecule has 7 heteroatoms. The number of hydrogen-bond donors (Lipinski definition) is 2. The lowest BCUT2D eigenvalue weighted by Gasteiger charge is -2.05. The summed E-state index contributed by atoms with van der Waals surface area (Å²) in [5.74, 6) is 5.75. The molecule has 2 heterocycles. The van der Waals surface area contributed by atoms with Crippen LogP contribution in [0.5, 0.6) is 0 Å². The molecule has 0 unspecified atom stereocenters. The van der Waals surface area contributed by atoms with Crippen molar-refractivity contribution < 1.29 is 13.5 Å². The average Bonchev–Trinajstić information content (AvgIpc) is 2.94. The zero-order valence-electron chi connectivity index (χ0n) is 11.1. The third-order valence-electron chi connectivity index (χ3n) is 2.57. The highest BCUT2D eigenvalue weighted by Gasteiger charge is 2.14. The molecule has 0 saturated carbocycles. The second kappa shape index (κ2) is 7.33. The van der Waals surface area contributed by atoms with Crippen LogP contribution in [-0.2, 0) is 16.6 Å². The fourth-order valence-corrected chi connectivity index (χ4v) is 3.37. The summed E-state index contributed by atoms with van der Waals surface area (Å²) in [4.78, 5) is 4.78. The van der Waals surface area contributed by atoms with Gasteiger partial charge in [0.2, 0.25) is 10.0 Å². The second-order valence-electron chi connectivity index (χ2n) is 4.05. The molecular weight excluding hydrogens is 308 g/mol. The van der Waals surface area contributed by atoms with Crippen molar-refractivity contribution in [3.05, 3.63) is 46.4 Å². The quantitative estimate of drug-likeness (QED) is 0.815. The predicted molar refractivity (Wildman–Crippen MR) is 81.2 cm³/mol. The number of nitrogens with zero attached hydrogens (tertiary/aromatic N) is 1. The first-order valence-corrected chi connectivity index (χ1v) is 8.55. The first-order valence-electron chi connectivity index (χ1n) is 6.19. The van der Waals surface area contributed by atoms with Gasteiger partial charge in [-0.2, -0.15) is 0 Å². The molecule has 0 fully saturated rings. The molecule has 0 aliphatic heterocycles. The van der Waals surface area contributed by atoms with Crippen molar-refractivity contribution in [2.45, 2.75) is 17.9 Å².